The number of piperidine rings is 2. The van der Waals surface area contributed by atoms with Crippen molar-refractivity contribution in [1.29, 1.82) is 0 Å². The molecule has 3 heterocycles. The van der Waals surface area contributed by atoms with E-state index < -0.39 is 0 Å². The Morgan fingerprint density at radius 1 is 0.848 bits per heavy atom. The molecule has 2 fully saturated rings. The fourth-order valence-electron chi connectivity index (χ4n) is 5.45. The number of rotatable bonds is 5. The molecule has 1 aromatic heterocycles. The monoisotopic (exact) mass is 444 g/mol. The molecule has 0 bridgehead atoms. The number of nitrogens with one attached hydrogen (secondary N) is 2. The topological polar surface area (TPSA) is 51.4 Å². The Labute approximate surface area is 196 Å². The Morgan fingerprint density at radius 2 is 1.55 bits per heavy atom. The lowest BCUT2D eigenvalue weighted by molar-refractivity contribution is 0.573. The molecule has 174 valence electrons. The molecule has 0 spiro atoms. The van der Waals surface area contributed by atoms with Crippen LogP contribution in [-0.2, 0) is 6.54 Å². The Bertz CT molecular complexity index is 1190. The first-order valence-electron chi connectivity index (χ1n) is 12.6. The predicted molar refractivity (Wildman–Crippen MR) is 140 cm³/mol. The van der Waals surface area contributed by atoms with Crippen LogP contribution in [0.4, 0.5) is 17.1 Å². The molecule has 2 aliphatic rings. The fourth-order valence-corrected chi connectivity index (χ4v) is 5.45. The molecule has 0 atom stereocenters. The molecular formula is C28H36N4O. The summed E-state index contributed by atoms with van der Waals surface area (Å²) in [5.74, 6) is 0. The molecule has 5 heteroatoms. The van der Waals surface area contributed by atoms with Crippen LogP contribution in [-0.4, -0.2) is 31.2 Å². The number of nitrogens with zero attached hydrogens (tertiary/aromatic N) is 2. The normalized spacial score (nSPS) is 16.9. The zero-order valence-corrected chi connectivity index (χ0v) is 20.0. The predicted octanol–water partition coefficient (Wildman–Crippen LogP) is 5.74. The number of H-pyrrole nitrogens is 1. The third kappa shape index (κ3) is 4.73. The Hall–Kier alpha value is -2.95. The van der Waals surface area contributed by atoms with Gasteiger partial charge in [-0.1, -0.05) is 6.07 Å². The molecular weight excluding hydrogens is 408 g/mol. The maximum atomic E-state index is 12.8. The lowest BCUT2D eigenvalue weighted by Gasteiger charge is -2.34. The quantitative estimate of drug-likeness (QED) is 0.527. The highest BCUT2D eigenvalue weighted by molar-refractivity contribution is 5.83. The van der Waals surface area contributed by atoms with Crippen molar-refractivity contribution in [2.75, 3.05) is 41.3 Å². The Balaban J connectivity index is 1.43. The van der Waals surface area contributed by atoms with Crippen LogP contribution in [0.25, 0.3) is 10.9 Å². The first-order valence-corrected chi connectivity index (χ1v) is 12.6. The van der Waals surface area contributed by atoms with Gasteiger partial charge in [-0.15, -0.1) is 0 Å². The molecule has 2 aromatic carbocycles. The fraction of sp³-hybridized carbons (Fsp3) is 0.464. The van der Waals surface area contributed by atoms with Crippen LogP contribution in [0.2, 0.25) is 0 Å². The van der Waals surface area contributed by atoms with E-state index in [0.29, 0.717) is 6.54 Å². The second kappa shape index (κ2) is 9.50. The molecule has 2 saturated heterocycles. The summed E-state index contributed by atoms with van der Waals surface area (Å²) in [6.45, 7) is 9.20. The maximum Gasteiger partial charge on any atom is 0.253 e. The summed E-state index contributed by atoms with van der Waals surface area (Å²) in [5, 5.41) is 4.73. The summed E-state index contributed by atoms with van der Waals surface area (Å²) >= 11 is 0. The van der Waals surface area contributed by atoms with E-state index >= 15 is 0 Å². The van der Waals surface area contributed by atoms with E-state index in [1.807, 2.05) is 0 Å². The van der Waals surface area contributed by atoms with Crippen LogP contribution in [0, 0.1) is 13.8 Å². The van der Waals surface area contributed by atoms with E-state index in [-0.39, 0.29) is 5.56 Å². The number of fused-ring (bicyclic) bond motifs is 1. The van der Waals surface area contributed by atoms with Gasteiger partial charge in [-0.25, -0.2) is 0 Å². The molecule has 0 saturated carbocycles. The first-order chi connectivity index (χ1) is 16.1. The van der Waals surface area contributed by atoms with E-state index in [0.717, 1.165) is 48.3 Å². The molecule has 0 unspecified atom stereocenters. The van der Waals surface area contributed by atoms with Gasteiger partial charge in [0.1, 0.15) is 0 Å². The molecule has 3 aromatic rings. The van der Waals surface area contributed by atoms with Crippen LogP contribution < -0.4 is 20.7 Å². The summed E-state index contributed by atoms with van der Waals surface area (Å²) in [6.07, 6.45) is 7.71. The molecule has 2 aliphatic heterocycles. The summed E-state index contributed by atoms with van der Waals surface area (Å²) in [4.78, 5) is 21.0. The van der Waals surface area contributed by atoms with Gasteiger partial charge in [0.2, 0.25) is 0 Å². The van der Waals surface area contributed by atoms with Crippen molar-refractivity contribution in [1.82, 2.24) is 4.98 Å². The highest BCUT2D eigenvalue weighted by Crippen LogP contribution is 2.34. The van der Waals surface area contributed by atoms with Gasteiger partial charge in [0, 0.05) is 54.9 Å². The summed E-state index contributed by atoms with van der Waals surface area (Å²) < 4.78 is 0. The molecule has 0 amide bonds. The smallest absolute Gasteiger partial charge is 0.253 e. The minimum atomic E-state index is -0.00976. The third-order valence-electron chi connectivity index (χ3n) is 7.26. The van der Waals surface area contributed by atoms with Gasteiger partial charge in [0.05, 0.1) is 11.4 Å². The van der Waals surface area contributed by atoms with Crippen LogP contribution in [0.15, 0.2) is 41.2 Å². The molecule has 5 rings (SSSR count). The van der Waals surface area contributed by atoms with Crippen molar-refractivity contribution in [2.45, 2.75) is 58.9 Å². The number of hydrogen-bond acceptors (Lipinski definition) is 4. The average molecular weight is 445 g/mol. The molecule has 33 heavy (non-hydrogen) atoms. The van der Waals surface area contributed by atoms with Crippen LogP contribution in [0.1, 0.15) is 55.2 Å². The van der Waals surface area contributed by atoms with Gasteiger partial charge in [-0.3, -0.25) is 4.79 Å². The number of hydrogen-bond donors (Lipinski definition) is 2. The number of anilines is 3. The third-order valence-corrected chi connectivity index (χ3v) is 7.26. The molecule has 0 aliphatic carbocycles. The van der Waals surface area contributed by atoms with Crippen LogP contribution in [0.5, 0.6) is 0 Å². The Morgan fingerprint density at radius 3 is 2.27 bits per heavy atom. The summed E-state index contributed by atoms with van der Waals surface area (Å²) in [5.41, 5.74) is 7.78. The first kappa shape index (κ1) is 21.9. The van der Waals surface area contributed by atoms with Gasteiger partial charge in [0.15, 0.2) is 0 Å². The van der Waals surface area contributed by atoms with E-state index in [4.69, 9.17) is 0 Å². The SMILES string of the molecule is Cc1cc(C)c2cc(CNc3ccc(N4CCCCC4)cc3N3CCCCC3)c(=O)[nH]c2c1. The second-order valence-corrected chi connectivity index (χ2v) is 9.82. The van der Waals surface area contributed by atoms with Crippen molar-refractivity contribution in [3.63, 3.8) is 0 Å². The van der Waals surface area contributed by atoms with Crippen LogP contribution >= 0.6 is 0 Å². The number of benzene rings is 2. The van der Waals surface area contributed by atoms with Gasteiger partial charge >= 0.3 is 0 Å². The lowest BCUT2D eigenvalue weighted by atomic mass is 10.0. The number of aromatic nitrogens is 1. The molecule has 0 radical (unpaired) electrons. The van der Waals surface area contributed by atoms with E-state index in [1.54, 1.807) is 0 Å². The van der Waals surface area contributed by atoms with E-state index in [9.17, 15) is 4.79 Å². The standard InChI is InChI=1S/C28H36N4O/c1-20-15-21(2)24-17-22(28(33)30-26(24)16-20)19-29-25-10-9-23(31-11-5-3-6-12-31)18-27(25)32-13-7-4-8-14-32/h9-10,15-18,29H,3-8,11-14,19H2,1-2H3,(H,30,33). The van der Waals surface area contributed by atoms with Crippen LogP contribution in [0.3, 0.4) is 0 Å². The summed E-state index contributed by atoms with van der Waals surface area (Å²) in [7, 11) is 0. The van der Waals surface area contributed by atoms with Crippen molar-refractivity contribution in [3.05, 3.63) is 63.4 Å². The molecule has 5 nitrogen and oxygen atoms in total. The number of aromatic amines is 1. The van der Waals surface area contributed by atoms with Crippen molar-refractivity contribution >= 4 is 28.0 Å². The number of pyridine rings is 1. The highest BCUT2D eigenvalue weighted by atomic mass is 16.1. The zero-order valence-electron chi connectivity index (χ0n) is 20.0. The van der Waals surface area contributed by atoms with Gasteiger partial charge in [0.25, 0.3) is 5.56 Å². The lowest BCUT2D eigenvalue weighted by Crippen LogP contribution is -2.32. The largest absolute Gasteiger partial charge is 0.379 e. The van der Waals surface area contributed by atoms with Crippen molar-refractivity contribution in [3.8, 4) is 0 Å². The average Bonchev–Trinajstić information content (AvgIpc) is 2.84. The highest BCUT2D eigenvalue weighted by Gasteiger charge is 2.18. The zero-order chi connectivity index (χ0) is 22.8. The minimum absolute atomic E-state index is 0.00976. The van der Waals surface area contributed by atoms with E-state index in [2.05, 4.69) is 70.3 Å². The maximum absolute atomic E-state index is 12.8. The Kier molecular flexibility index (Phi) is 6.30. The van der Waals surface area contributed by atoms with Crippen molar-refractivity contribution < 1.29 is 0 Å². The molecule has 2 N–H and O–H groups in total. The number of aryl methyl sites for hydroxylation is 2. The van der Waals surface area contributed by atoms with Gasteiger partial charge in [-0.2, -0.15) is 0 Å². The van der Waals surface area contributed by atoms with Gasteiger partial charge in [-0.05, 0) is 93.8 Å². The van der Waals surface area contributed by atoms with Gasteiger partial charge < -0.3 is 20.1 Å². The second-order valence-electron chi connectivity index (χ2n) is 9.82. The van der Waals surface area contributed by atoms with E-state index in [1.165, 1.54) is 61.0 Å². The minimum Gasteiger partial charge on any atom is -0.379 e. The van der Waals surface area contributed by atoms with Crippen molar-refractivity contribution in [2.24, 2.45) is 0 Å². The summed E-state index contributed by atoms with van der Waals surface area (Å²) in [6, 6.07) is 13.1.